The van der Waals surface area contributed by atoms with Crippen LogP contribution in [0.15, 0.2) is 46.3 Å². The molecule has 1 saturated heterocycles. The van der Waals surface area contributed by atoms with Crippen LogP contribution in [0.2, 0.25) is 0 Å². The first-order valence-electron chi connectivity index (χ1n) is 5.78. The molecule has 3 rings (SSSR count). The number of nitrogens with one attached hydrogen (secondary N) is 1. The lowest BCUT2D eigenvalue weighted by Crippen LogP contribution is -2.58. The normalized spacial score (nSPS) is 17.7. The molecular formula is C14H14BrNS. The van der Waals surface area contributed by atoms with Gasteiger partial charge in [0, 0.05) is 27.9 Å². The van der Waals surface area contributed by atoms with E-state index in [-0.39, 0.29) is 5.41 Å². The molecule has 0 atom stereocenters. The molecule has 1 fully saturated rings. The van der Waals surface area contributed by atoms with Gasteiger partial charge in [-0.3, -0.25) is 0 Å². The van der Waals surface area contributed by atoms with Crippen molar-refractivity contribution in [3.05, 3.63) is 56.7 Å². The average Bonchev–Trinajstić information content (AvgIpc) is 2.77. The van der Waals surface area contributed by atoms with E-state index in [0.717, 1.165) is 19.5 Å². The van der Waals surface area contributed by atoms with Crippen molar-refractivity contribution >= 4 is 27.3 Å². The summed E-state index contributed by atoms with van der Waals surface area (Å²) in [6.07, 6.45) is 1.14. The van der Waals surface area contributed by atoms with Crippen LogP contribution in [0, 0.1) is 0 Å². The molecule has 0 bridgehead atoms. The van der Waals surface area contributed by atoms with Crippen LogP contribution in [0.1, 0.15) is 10.4 Å². The minimum absolute atomic E-state index is 0.283. The van der Waals surface area contributed by atoms with Crippen molar-refractivity contribution in [1.82, 2.24) is 5.32 Å². The summed E-state index contributed by atoms with van der Waals surface area (Å²) in [6.45, 7) is 2.15. The highest BCUT2D eigenvalue weighted by atomic mass is 79.9. The minimum Gasteiger partial charge on any atom is -0.315 e. The molecule has 2 heterocycles. The summed E-state index contributed by atoms with van der Waals surface area (Å²) in [4.78, 5) is 1.47. The summed E-state index contributed by atoms with van der Waals surface area (Å²) in [6, 6.07) is 13.0. The molecule has 17 heavy (non-hydrogen) atoms. The van der Waals surface area contributed by atoms with Crippen LogP contribution in [0.5, 0.6) is 0 Å². The van der Waals surface area contributed by atoms with Crippen LogP contribution in [-0.4, -0.2) is 13.1 Å². The lowest BCUT2D eigenvalue weighted by molar-refractivity contribution is 0.275. The van der Waals surface area contributed by atoms with Gasteiger partial charge in [0.2, 0.25) is 0 Å². The zero-order chi connectivity index (χ0) is 11.7. The first kappa shape index (κ1) is 11.5. The van der Waals surface area contributed by atoms with E-state index in [1.807, 2.05) is 11.3 Å². The van der Waals surface area contributed by atoms with E-state index in [2.05, 4.69) is 63.0 Å². The Morgan fingerprint density at radius 3 is 2.59 bits per heavy atom. The third-order valence-corrected chi connectivity index (χ3v) is 5.03. The Balaban J connectivity index is 1.95. The van der Waals surface area contributed by atoms with Gasteiger partial charge in [0.1, 0.15) is 0 Å². The van der Waals surface area contributed by atoms with E-state index in [1.165, 1.54) is 14.9 Å². The SMILES string of the molecule is Brc1ccccc1C1(Cc2cccs2)CNC1. The Bertz CT molecular complexity index is 503. The fourth-order valence-electron chi connectivity index (χ4n) is 2.48. The molecule has 1 N–H and O–H groups in total. The maximum atomic E-state index is 3.69. The molecule has 0 unspecified atom stereocenters. The second kappa shape index (κ2) is 4.56. The molecule has 1 aromatic heterocycles. The lowest BCUT2D eigenvalue weighted by atomic mass is 9.72. The molecule has 1 aromatic carbocycles. The van der Waals surface area contributed by atoms with Crippen LogP contribution in [0.3, 0.4) is 0 Å². The van der Waals surface area contributed by atoms with Gasteiger partial charge >= 0.3 is 0 Å². The van der Waals surface area contributed by atoms with Crippen LogP contribution < -0.4 is 5.32 Å². The molecule has 0 amide bonds. The van der Waals surface area contributed by atoms with Gasteiger partial charge in [-0.1, -0.05) is 40.2 Å². The lowest BCUT2D eigenvalue weighted by Gasteiger charge is -2.43. The highest BCUT2D eigenvalue weighted by molar-refractivity contribution is 9.10. The Morgan fingerprint density at radius 1 is 1.18 bits per heavy atom. The first-order valence-corrected chi connectivity index (χ1v) is 7.46. The summed E-state index contributed by atoms with van der Waals surface area (Å²) in [5.74, 6) is 0. The van der Waals surface area contributed by atoms with Gasteiger partial charge in [0.15, 0.2) is 0 Å². The molecule has 1 nitrogen and oxygen atoms in total. The third kappa shape index (κ3) is 2.07. The second-order valence-electron chi connectivity index (χ2n) is 4.62. The van der Waals surface area contributed by atoms with Crippen LogP contribution >= 0.6 is 27.3 Å². The Labute approximate surface area is 114 Å². The molecule has 88 valence electrons. The minimum atomic E-state index is 0.283. The average molecular weight is 308 g/mol. The highest BCUT2D eigenvalue weighted by Gasteiger charge is 2.40. The van der Waals surface area contributed by atoms with Gasteiger partial charge in [-0.05, 0) is 29.5 Å². The van der Waals surface area contributed by atoms with Crippen molar-refractivity contribution in [2.45, 2.75) is 11.8 Å². The molecule has 1 aliphatic heterocycles. The fraction of sp³-hybridized carbons (Fsp3) is 0.286. The molecule has 1 aliphatic rings. The van der Waals surface area contributed by atoms with Gasteiger partial charge in [0.05, 0.1) is 0 Å². The number of halogens is 1. The third-order valence-electron chi connectivity index (χ3n) is 3.46. The van der Waals surface area contributed by atoms with E-state index in [4.69, 9.17) is 0 Å². The van der Waals surface area contributed by atoms with E-state index in [1.54, 1.807) is 0 Å². The smallest absolute Gasteiger partial charge is 0.0261 e. The standard InChI is InChI=1S/C14H14BrNS/c15-13-6-2-1-5-12(13)14(9-16-10-14)8-11-4-3-7-17-11/h1-7,16H,8-10H2. The molecule has 0 spiro atoms. The van der Waals surface area contributed by atoms with Crippen molar-refractivity contribution in [3.8, 4) is 0 Å². The van der Waals surface area contributed by atoms with E-state index in [9.17, 15) is 0 Å². The largest absolute Gasteiger partial charge is 0.315 e. The van der Waals surface area contributed by atoms with Crippen LogP contribution in [-0.2, 0) is 11.8 Å². The number of hydrogen-bond donors (Lipinski definition) is 1. The van der Waals surface area contributed by atoms with Gasteiger partial charge in [-0.25, -0.2) is 0 Å². The second-order valence-corrected chi connectivity index (χ2v) is 6.51. The number of benzene rings is 1. The molecule has 2 aromatic rings. The maximum absolute atomic E-state index is 3.69. The first-order chi connectivity index (χ1) is 8.30. The molecule has 0 saturated carbocycles. The highest BCUT2D eigenvalue weighted by Crippen LogP contribution is 2.37. The fourth-order valence-corrected chi connectivity index (χ4v) is 4.03. The van der Waals surface area contributed by atoms with Crippen molar-refractivity contribution in [2.75, 3.05) is 13.1 Å². The summed E-state index contributed by atoms with van der Waals surface area (Å²) >= 11 is 5.54. The molecule has 0 aliphatic carbocycles. The Morgan fingerprint density at radius 2 is 2.00 bits per heavy atom. The summed E-state index contributed by atoms with van der Waals surface area (Å²) in [5, 5.41) is 5.59. The van der Waals surface area contributed by atoms with Crippen molar-refractivity contribution < 1.29 is 0 Å². The van der Waals surface area contributed by atoms with E-state index < -0.39 is 0 Å². The number of thiophene rings is 1. The quantitative estimate of drug-likeness (QED) is 0.913. The molecule has 3 heteroatoms. The van der Waals surface area contributed by atoms with Crippen molar-refractivity contribution in [1.29, 1.82) is 0 Å². The zero-order valence-corrected chi connectivity index (χ0v) is 11.9. The number of rotatable bonds is 3. The molecular weight excluding hydrogens is 294 g/mol. The topological polar surface area (TPSA) is 12.0 Å². The van der Waals surface area contributed by atoms with E-state index in [0.29, 0.717) is 0 Å². The number of hydrogen-bond acceptors (Lipinski definition) is 2. The van der Waals surface area contributed by atoms with Gasteiger partial charge < -0.3 is 5.32 Å². The van der Waals surface area contributed by atoms with Gasteiger partial charge in [0.25, 0.3) is 0 Å². The zero-order valence-electron chi connectivity index (χ0n) is 9.45. The Kier molecular flexibility index (Phi) is 3.07. The van der Waals surface area contributed by atoms with Crippen LogP contribution in [0.4, 0.5) is 0 Å². The van der Waals surface area contributed by atoms with Gasteiger partial charge in [-0.15, -0.1) is 11.3 Å². The molecule has 0 radical (unpaired) electrons. The van der Waals surface area contributed by atoms with Crippen molar-refractivity contribution in [2.24, 2.45) is 0 Å². The summed E-state index contributed by atoms with van der Waals surface area (Å²) < 4.78 is 1.23. The van der Waals surface area contributed by atoms with Crippen molar-refractivity contribution in [3.63, 3.8) is 0 Å². The predicted molar refractivity (Wildman–Crippen MR) is 76.7 cm³/mol. The summed E-state index contributed by atoms with van der Waals surface area (Å²) in [5.41, 5.74) is 1.72. The monoisotopic (exact) mass is 307 g/mol. The summed E-state index contributed by atoms with van der Waals surface area (Å²) in [7, 11) is 0. The van der Waals surface area contributed by atoms with Crippen LogP contribution in [0.25, 0.3) is 0 Å². The maximum Gasteiger partial charge on any atom is 0.0261 e. The Hall–Kier alpha value is -0.640. The van der Waals surface area contributed by atoms with E-state index >= 15 is 0 Å². The predicted octanol–water partition coefficient (Wildman–Crippen LogP) is 3.59. The van der Waals surface area contributed by atoms with Gasteiger partial charge in [-0.2, -0.15) is 0 Å².